The molecule has 21 heavy (non-hydrogen) atoms. The summed E-state index contributed by atoms with van der Waals surface area (Å²) in [4.78, 5) is 20.7. The summed E-state index contributed by atoms with van der Waals surface area (Å²) in [6, 6.07) is 0. The maximum Gasteiger partial charge on any atom is 0.354 e. The Labute approximate surface area is 132 Å². The van der Waals surface area contributed by atoms with Crippen LogP contribution in [0.3, 0.4) is 0 Å². The number of aromatic carboxylic acids is 1. The van der Waals surface area contributed by atoms with Crippen molar-refractivity contribution in [3.05, 3.63) is 22.8 Å². The van der Waals surface area contributed by atoms with Crippen LogP contribution in [0.4, 0.5) is 0 Å². The quantitative estimate of drug-likeness (QED) is 0.881. The number of hydrogen-bond acceptors (Lipinski definition) is 6. The van der Waals surface area contributed by atoms with E-state index in [1.807, 2.05) is 23.5 Å². The first kappa shape index (κ1) is 15.1. The Hall–Kier alpha value is -0.790. The Kier molecular flexibility index (Phi) is 4.71. The Bertz CT molecular complexity index is 553. The molecule has 1 aromatic heterocycles. The van der Waals surface area contributed by atoms with E-state index in [0.717, 1.165) is 35.7 Å². The van der Waals surface area contributed by atoms with Crippen LogP contribution in [0.5, 0.6) is 0 Å². The fourth-order valence-corrected chi connectivity index (χ4v) is 5.82. The number of aromatic nitrogens is 2. The molecule has 0 aromatic carbocycles. The van der Waals surface area contributed by atoms with Crippen molar-refractivity contribution in [3.63, 3.8) is 0 Å². The number of thioether (sulfide) groups is 2. The van der Waals surface area contributed by atoms with Gasteiger partial charge in [-0.15, -0.1) is 11.8 Å². The lowest BCUT2D eigenvalue weighted by molar-refractivity contribution is 0.0688. The predicted octanol–water partition coefficient (Wildman–Crippen LogP) is 2.12. The first-order valence-corrected chi connectivity index (χ1v) is 9.37. The molecule has 2 aliphatic rings. The van der Waals surface area contributed by atoms with E-state index in [4.69, 9.17) is 4.98 Å². The molecule has 3 heterocycles. The molecule has 7 heteroatoms. The second kappa shape index (κ2) is 6.54. The summed E-state index contributed by atoms with van der Waals surface area (Å²) in [5.74, 6) is 2.00. The normalized spacial score (nSPS) is 25.4. The molecule has 2 unspecified atom stereocenters. The van der Waals surface area contributed by atoms with Crippen LogP contribution >= 0.6 is 23.5 Å². The van der Waals surface area contributed by atoms with Crippen molar-refractivity contribution in [2.75, 3.05) is 18.1 Å². The number of carbonyl (C=O) groups is 1. The molecule has 1 fully saturated rings. The Morgan fingerprint density at radius 2 is 2.19 bits per heavy atom. The van der Waals surface area contributed by atoms with Crippen LogP contribution < -0.4 is 5.32 Å². The van der Waals surface area contributed by atoms with E-state index in [0.29, 0.717) is 24.0 Å². The SMILES string of the molecule is CCC1SCCSC1c1nc2c(c(C(=O)O)n1)CCNC2. The van der Waals surface area contributed by atoms with Crippen LogP contribution in [-0.2, 0) is 13.0 Å². The van der Waals surface area contributed by atoms with Gasteiger partial charge in [0.05, 0.1) is 10.9 Å². The number of nitrogens with one attached hydrogen (secondary N) is 1. The first-order valence-electron chi connectivity index (χ1n) is 7.27. The fraction of sp³-hybridized carbons (Fsp3) is 0.643. The van der Waals surface area contributed by atoms with E-state index in [-0.39, 0.29) is 10.9 Å². The number of rotatable bonds is 3. The summed E-state index contributed by atoms with van der Waals surface area (Å²) < 4.78 is 0. The van der Waals surface area contributed by atoms with Crippen molar-refractivity contribution in [1.29, 1.82) is 0 Å². The number of carboxylic acids is 1. The lowest BCUT2D eigenvalue weighted by Gasteiger charge is -2.30. The van der Waals surface area contributed by atoms with Crippen molar-refractivity contribution >= 4 is 29.5 Å². The second-order valence-corrected chi connectivity index (χ2v) is 7.79. The highest BCUT2D eigenvalue weighted by Crippen LogP contribution is 2.43. The van der Waals surface area contributed by atoms with Gasteiger partial charge in [0, 0.05) is 28.9 Å². The number of hydrogen-bond donors (Lipinski definition) is 2. The summed E-state index contributed by atoms with van der Waals surface area (Å²) in [5.41, 5.74) is 1.89. The average molecular weight is 325 g/mol. The molecule has 0 bridgehead atoms. The topological polar surface area (TPSA) is 75.1 Å². The minimum Gasteiger partial charge on any atom is -0.477 e. The van der Waals surface area contributed by atoms with E-state index >= 15 is 0 Å². The van der Waals surface area contributed by atoms with Crippen molar-refractivity contribution in [1.82, 2.24) is 15.3 Å². The zero-order valence-electron chi connectivity index (χ0n) is 12.0. The lowest BCUT2D eigenvalue weighted by Crippen LogP contribution is -2.30. The van der Waals surface area contributed by atoms with Gasteiger partial charge in [0.25, 0.3) is 0 Å². The Morgan fingerprint density at radius 1 is 1.38 bits per heavy atom. The third-order valence-electron chi connectivity index (χ3n) is 3.86. The second-order valence-electron chi connectivity index (χ2n) is 5.20. The molecule has 0 amide bonds. The highest BCUT2D eigenvalue weighted by molar-refractivity contribution is 8.06. The molecule has 1 saturated heterocycles. The van der Waals surface area contributed by atoms with Gasteiger partial charge >= 0.3 is 5.97 Å². The van der Waals surface area contributed by atoms with Gasteiger partial charge in [0.2, 0.25) is 0 Å². The lowest BCUT2D eigenvalue weighted by atomic mass is 10.0. The van der Waals surface area contributed by atoms with Crippen LogP contribution in [0.15, 0.2) is 0 Å². The molecule has 114 valence electrons. The minimum absolute atomic E-state index is 0.207. The molecule has 2 N–H and O–H groups in total. The molecule has 0 radical (unpaired) electrons. The zero-order valence-corrected chi connectivity index (χ0v) is 13.6. The van der Waals surface area contributed by atoms with Gasteiger partial charge in [0.15, 0.2) is 5.69 Å². The Morgan fingerprint density at radius 3 is 2.95 bits per heavy atom. The molecule has 0 spiro atoms. The molecular weight excluding hydrogens is 306 g/mol. The van der Waals surface area contributed by atoms with Crippen LogP contribution in [0.1, 0.15) is 46.2 Å². The number of fused-ring (bicyclic) bond motifs is 1. The molecular formula is C14H19N3O2S2. The van der Waals surface area contributed by atoms with E-state index in [1.54, 1.807) is 0 Å². The third kappa shape index (κ3) is 3.05. The molecule has 0 aliphatic carbocycles. The van der Waals surface area contributed by atoms with E-state index in [9.17, 15) is 9.90 Å². The summed E-state index contributed by atoms with van der Waals surface area (Å²) in [5, 5.41) is 13.4. The largest absolute Gasteiger partial charge is 0.477 e. The molecule has 3 rings (SSSR count). The fourth-order valence-electron chi connectivity index (χ4n) is 2.82. The highest BCUT2D eigenvalue weighted by atomic mass is 32.2. The highest BCUT2D eigenvalue weighted by Gasteiger charge is 2.31. The van der Waals surface area contributed by atoms with Gasteiger partial charge < -0.3 is 10.4 Å². The van der Waals surface area contributed by atoms with E-state index in [2.05, 4.69) is 17.2 Å². The molecule has 0 saturated carbocycles. The van der Waals surface area contributed by atoms with Gasteiger partial charge in [-0.25, -0.2) is 14.8 Å². The Balaban J connectivity index is 2.02. The van der Waals surface area contributed by atoms with Crippen molar-refractivity contribution in [3.8, 4) is 0 Å². The van der Waals surface area contributed by atoms with Crippen molar-refractivity contribution in [2.24, 2.45) is 0 Å². The van der Waals surface area contributed by atoms with Gasteiger partial charge in [-0.1, -0.05) is 6.92 Å². The maximum atomic E-state index is 11.5. The van der Waals surface area contributed by atoms with Crippen molar-refractivity contribution < 1.29 is 9.90 Å². The van der Waals surface area contributed by atoms with Crippen LogP contribution in [0.2, 0.25) is 0 Å². The van der Waals surface area contributed by atoms with Gasteiger partial charge in [0.1, 0.15) is 5.82 Å². The number of nitrogens with zero attached hydrogens (tertiary/aromatic N) is 2. The van der Waals surface area contributed by atoms with Gasteiger partial charge in [-0.2, -0.15) is 11.8 Å². The monoisotopic (exact) mass is 325 g/mol. The maximum absolute atomic E-state index is 11.5. The summed E-state index contributed by atoms with van der Waals surface area (Å²) in [6.07, 6.45) is 1.75. The first-order chi connectivity index (χ1) is 10.2. The van der Waals surface area contributed by atoms with Gasteiger partial charge in [-0.05, 0) is 19.4 Å². The number of carboxylic acid groups (broad SMARTS) is 1. The van der Waals surface area contributed by atoms with Gasteiger partial charge in [-0.3, -0.25) is 0 Å². The van der Waals surface area contributed by atoms with Crippen LogP contribution in [0, 0.1) is 0 Å². The summed E-state index contributed by atoms with van der Waals surface area (Å²) in [7, 11) is 0. The minimum atomic E-state index is -0.932. The summed E-state index contributed by atoms with van der Waals surface area (Å²) >= 11 is 3.81. The smallest absolute Gasteiger partial charge is 0.354 e. The average Bonchev–Trinajstić information content (AvgIpc) is 2.53. The molecule has 5 nitrogen and oxygen atoms in total. The molecule has 1 aromatic rings. The van der Waals surface area contributed by atoms with Crippen molar-refractivity contribution in [2.45, 2.75) is 36.8 Å². The third-order valence-corrected chi connectivity index (χ3v) is 7.11. The zero-order chi connectivity index (χ0) is 14.8. The van der Waals surface area contributed by atoms with Crippen LogP contribution in [0.25, 0.3) is 0 Å². The van der Waals surface area contributed by atoms with Crippen LogP contribution in [-0.4, -0.2) is 44.3 Å². The summed E-state index contributed by atoms with van der Waals surface area (Å²) in [6.45, 7) is 3.61. The van der Waals surface area contributed by atoms with E-state index < -0.39 is 5.97 Å². The standard InChI is InChI=1S/C14H19N3O2S2/c1-2-10-12(21-6-5-20-10)13-16-9-7-15-4-3-8(9)11(17-13)14(18)19/h10,12,15H,2-7H2,1H3,(H,18,19). The van der Waals surface area contributed by atoms with E-state index in [1.165, 1.54) is 0 Å². The molecule has 2 atom stereocenters. The molecule has 2 aliphatic heterocycles. The predicted molar refractivity (Wildman–Crippen MR) is 86.1 cm³/mol.